The lowest BCUT2D eigenvalue weighted by molar-refractivity contribution is 0.0690. The first-order chi connectivity index (χ1) is 9.95. The fraction of sp³-hybridized carbons (Fsp3) is 0.375. The Bertz CT molecular complexity index is 602. The molecule has 0 aliphatic rings. The molecule has 0 atom stereocenters. The molecule has 0 saturated heterocycles. The maximum Gasteiger partial charge on any atom is 0.357 e. The average Bonchev–Trinajstić information content (AvgIpc) is 2.89. The van der Waals surface area contributed by atoms with Crippen LogP contribution < -0.4 is 0 Å². The van der Waals surface area contributed by atoms with Crippen molar-refractivity contribution >= 4 is 5.97 Å². The summed E-state index contributed by atoms with van der Waals surface area (Å²) < 4.78 is 5.23. The molecule has 1 heterocycles. The van der Waals surface area contributed by atoms with Gasteiger partial charge in [0, 0.05) is 12.6 Å². The number of aromatic nitrogens is 1. The molecule has 0 fully saturated rings. The van der Waals surface area contributed by atoms with Crippen LogP contribution in [0.2, 0.25) is 0 Å². The molecule has 0 saturated carbocycles. The number of carboxylic acid groups (broad SMARTS) is 1. The maximum atomic E-state index is 10.8. The number of hydrogen-bond donors (Lipinski definition) is 1. The van der Waals surface area contributed by atoms with Gasteiger partial charge in [0.05, 0.1) is 6.54 Å². The number of nitrogens with zero attached hydrogens (tertiary/aromatic N) is 2. The van der Waals surface area contributed by atoms with E-state index >= 15 is 0 Å². The van der Waals surface area contributed by atoms with Crippen molar-refractivity contribution in [1.29, 1.82) is 0 Å². The largest absolute Gasteiger partial charge is 0.476 e. The standard InChI is InChI=1S/C16H20N2O3/c1-11(2)18(8-13-6-4-12(3)5-7-13)9-15-17-14(10-21-15)16(19)20/h4-7,10-11H,8-9H2,1-3H3,(H,19,20). The molecular formula is C16H20N2O3. The van der Waals surface area contributed by atoms with E-state index in [1.165, 1.54) is 17.4 Å². The van der Waals surface area contributed by atoms with Crippen molar-refractivity contribution in [2.24, 2.45) is 0 Å². The number of aromatic carboxylic acids is 1. The van der Waals surface area contributed by atoms with Crippen molar-refractivity contribution in [3.8, 4) is 0 Å². The first-order valence-corrected chi connectivity index (χ1v) is 6.93. The molecule has 112 valence electrons. The van der Waals surface area contributed by atoms with Gasteiger partial charge in [-0.2, -0.15) is 0 Å². The summed E-state index contributed by atoms with van der Waals surface area (Å²) in [6, 6.07) is 8.67. The number of oxazole rings is 1. The van der Waals surface area contributed by atoms with E-state index in [0.29, 0.717) is 18.5 Å². The highest BCUT2D eigenvalue weighted by Crippen LogP contribution is 2.14. The summed E-state index contributed by atoms with van der Waals surface area (Å²) in [5, 5.41) is 8.87. The van der Waals surface area contributed by atoms with Gasteiger partial charge in [0.25, 0.3) is 0 Å². The van der Waals surface area contributed by atoms with E-state index < -0.39 is 5.97 Å². The van der Waals surface area contributed by atoms with E-state index in [-0.39, 0.29) is 5.69 Å². The highest BCUT2D eigenvalue weighted by Gasteiger charge is 2.16. The Morgan fingerprint density at radius 2 is 1.95 bits per heavy atom. The lowest BCUT2D eigenvalue weighted by Gasteiger charge is -2.25. The van der Waals surface area contributed by atoms with Gasteiger partial charge in [0.2, 0.25) is 5.89 Å². The Morgan fingerprint density at radius 1 is 1.29 bits per heavy atom. The van der Waals surface area contributed by atoms with Crippen LogP contribution in [0, 0.1) is 6.92 Å². The number of carbonyl (C=O) groups is 1. The summed E-state index contributed by atoms with van der Waals surface area (Å²) >= 11 is 0. The maximum absolute atomic E-state index is 10.8. The fourth-order valence-electron chi connectivity index (χ4n) is 2.00. The third-order valence-electron chi connectivity index (χ3n) is 3.35. The Morgan fingerprint density at radius 3 is 2.48 bits per heavy atom. The number of benzene rings is 1. The second-order valence-corrected chi connectivity index (χ2v) is 5.42. The number of aryl methyl sites for hydroxylation is 1. The molecule has 5 heteroatoms. The quantitative estimate of drug-likeness (QED) is 0.884. The minimum atomic E-state index is -1.07. The average molecular weight is 288 g/mol. The molecule has 0 spiro atoms. The molecule has 0 amide bonds. The topological polar surface area (TPSA) is 66.6 Å². The summed E-state index contributed by atoms with van der Waals surface area (Å²) in [7, 11) is 0. The minimum Gasteiger partial charge on any atom is -0.476 e. The van der Waals surface area contributed by atoms with Crippen LogP contribution in [-0.4, -0.2) is 27.0 Å². The molecule has 2 aromatic rings. The molecule has 5 nitrogen and oxygen atoms in total. The second-order valence-electron chi connectivity index (χ2n) is 5.42. The van der Waals surface area contributed by atoms with Gasteiger partial charge in [-0.15, -0.1) is 0 Å². The van der Waals surface area contributed by atoms with E-state index in [9.17, 15) is 4.79 Å². The van der Waals surface area contributed by atoms with Crippen molar-refractivity contribution < 1.29 is 14.3 Å². The monoisotopic (exact) mass is 288 g/mol. The molecule has 1 aromatic carbocycles. The van der Waals surface area contributed by atoms with Crippen LogP contribution in [0.1, 0.15) is 41.4 Å². The van der Waals surface area contributed by atoms with Crippen LogP contribution >= 0.6 is 0 Å². The van der Waals surface area contributed by atoms with Crippen LogP contribution in [0.3, 0.4) is 0 Å². The van der Waals surface area contributed by atoms with E-state index in [0.717, 1.165) is 6.54 Å². The molecule has 21 heavy (non-hydrogen) atoms. The molecule has 1 aromatic heterocycles. The van der Waals surface area contributed by atoms with Crippen LogP contribution in [0.15, 0.2) is 34.9 Å². The van der Waals surface area contributed by atoms with E-state index in [1.54, 1.807) is 0 Å². The van der Waals surface area contributed by atoms with Crippen LogP contribution in [0.4, 0.5) is 0 Å². The fourth-order valence-corrected chi connectivity index (χ4v) is 2.00. The van der Waals surface area contributed by atoms with Crippen LogP contribution in [-0.2, 0) is 13.1 Å². The minimum absolute atomic E-state index is 0.0518. The molecule has 2 rings (SSSR count). The van der Waals surface area contributed by atoms with Gasteiger partial charge in [0.15, 0.2) is 5.69 Å². The first-order valence-electron chi connectivity index (χ1n) is 6.93. The number of hydrogen-bond acceptors (Lipinski definition) is 4. The Kier molecular flexibility index (Phi) is 4.75. The molecule has 0 radical (unpaired) electrons. The van der Waals surface area contributed by atoms with Crippen LogP contribution in [0.5, 0.6) is 0 Å². The number of carboxylic acids is 1. The van der Waals surface area contributed by atoms with E-state index in [4.69, 9.17) is 9.52 Å². The summed E-state index contributed by atoms with van der Waals surface area (Å²) in [5.41, 5.74) is 2.39. The third kappa shape index (κ3) is 4.16. The van der Waals surface area contributed by atoms with Crippen molar-refractivity contribution in [2.45, 2.75) is 39.9 Å². The van der Waals surface area contributed by atoms with Gasteiger partial charge in [-0.1, -0.05) is 29.8 Å². The van der Waals surface area contributed by atoms with Crippen molar-refractivity contribution in [3.05, 3.63) is 53.2 Å². The van der Waals surface area contributed by atoms with E-state index in [1.807, 2.05) is 0 Å². The van der Waals surface area contributed by atoms with Gasteiger partial charge >= 0.3 is 5.97 Å². The molecule has 0 unspecified atom stereocenters. The van der Waals surface area contributed by atoms with Crippen molar-refractivity contribution in [2.75, 3.05) is 0 Å². The summed E-state index contributed by atoms with van der Waals surface area (Å²) in [4.78, 5) is 17.0. The first kappa shape index (κ1) is 15.3. The molecule has 0 aliphatic carbocycles. The zero-order chi connectivity index (χ0) is 15.4. The van der Waals surface area contributed by atoms with Crippen molar-refractivity contribution in [3.63, 3.8) is 0 Å². The lowest BCUT2D eigenvalue weighted by atomic mass is 10.1. The summed E-state index contributed by atoms with van der Waals surface area (Å²) in [6.45, 7) is 7.50. The van der Waals surface area contributed by atoms with Gasteiger partial charge in [-0.05, 0) is 26.3 Å². The Balaban J connectivity index is 2.08. The summed E-state index contributed by atoms with van der Waals surface area (Å²) in [5.74, 6) is -0.646. The highest BCUT2D eigenvalue weighted by molar-refractivity contribution is 5.84. The number of rotatable bonds is 6. The van der Waals surface area contributed by atoms with Gasteiger partial charge in [-0.3, -0.25) is 4.90 Å². The Hall–Kier alpha value is -2.14. The lowest BCUT2D eigenvalue weighted by Crippen LogP contribution is -2.30. The predicted octanol–water partition coefficient (Wildman–Crippen LogP) is 3.09. The van der Waals surface area contributed by atoms with Gasteiger partial charge in [0.1, 0.15) is 6.26 Å². The van der Waals surface area contributed by atoms with E-state index in [2.05, 4.69) is 54.9 Å². The van der Waals surface area contributed by atoms with Crippen LogP contribution in [0.25, 0.3) is 0 Å². The SMILES string of the molecule is Cc1ccc(CN(Cc2nc(C(=O)O)co2)C(C)C)cc1. The zero-order valence-corrected chi connectivity index (χ0v) is 12.5. The summed E-state index contributed by atoms with van der Waals surface area (Å²) in [6.07, 6.45) is 1.18. The molecule has 1 N–H and O–H groups in total. The normalized spacial score (nSPS) is 11.3. The molecular weight excluding hydrogens is 268 g/mol. The molecule has 0 bridgehead atoms. The highest BCUT2D eigenvalue weighted by atomic mass is 16.4. The smallest absolute Gasteiger partial charge is 0.357 e. The predicted molar refractivity (Wildman–Crippen MR) is 79.0 cm³/mol. The molecule has 0 aliphatic heterocycles. The third-order valence-corrected chi connectivity index (χ3v) is 3.35. The zero-order valence-electron chi connectivity index (χ0n) is 12.5. The van der Waals surface area contributed by atoms with Gasteiger partial charge in [-0.25, -0.2) is 9.78 Å². The van der Waals surface area contributed by atoms with Gasteiger partial charge < -0.3 is 9.52 Å². The Labute approximate surface area is 124 Å². The second kappa shape index (κ2) is 6.54. The van der Waals surface area contributed by atoms with Crippen molar-refractivity contribution in [1.82, 2.24) is 9.88 Å².